The number of nitrogens with zero attached hydrogens (tertiary/aromatic N) is 4. The Kier molecular flexibility index (Phi) is 4.31. The van der Waals surface area contributed by atoms with E-state index in [1.54, 1.807) is 11.8 Å². The molecule has 0 saturated heterocycles. The molecule has 4 aliphatic rings. The van der Waals surface area contributed by atoms with Gasteiger partial charge in [0.15, 0.2) is 5.82 Å². The van der Waals surface area contributed by atoms with Crippen molar-refractivity contribution in [1.29, 1.82) is 0 Å². The van der Waals surface area contributed by atoms with Crippen molar-refractivity contribution in [2.45, 2.75) is 50.0 Å². The van der Waals surface area contributed by atoms with Gasteiger partial charge < -0.3 is 15.1 Å². The third kappa shape index (κ3) is 3.17. The number of aromatic nitrogens is 2. The van der Waals surface area contributed by atoms with E-state index in [1.165, 1.54) is 54.6 Å². The van der Waals surface area contributed by atoms with E-state index in [0.29, 0.717) is 16.9 Å². The van der Waals surface area contributed by atoms with Crippen molar-refractivity contribution >= 4 is 34.7 Å². The van der Waals surface area contributed by atoms with Gasteiger partial charge in [-0.05, 0) is 85.5 Å². The average Bonchev–Trinajstić information content (AvgIpc) is 3.52. The van der Waals surface area contributed by atoms with E-state index in [1.807, 2.05) is 0 Å². The minimum absolute atomic E-state index is 0.280. The molecular formula is C27H28ClN5. The number of halogens is 1. The molecule has 33 heavy (non-hydrogen) atoms. The summed E-state index contributed by atoms with van der Waals surface area (Å²) in [6.45, 7) is 3.13. The predicted molar refractivity (Wildman–Crippen MR) is 133 cm³/mol. The first kappa shape index (κ1) is 19.8. The second kappa shape index (κ2) is 7.18. The van der Waals surface area contributed by atoms with Crippen molar-refractivity contribution in [1.82, 2.24) is 14.9 Å². The Morgan fingerprint density at radius 2 is 2.00 bits per heavy atom. The van der Waals surface area contributed by atoms with Crippen LogP contribution in [0.15, 0.2) is 42.6 Å². The Labute approximate surface area is 199 Å². The Morgan fingerprint density at radius 3 is 2.88 bits per heavy atom. The molecule has 1 atom stereocenters. The van der Waals surface area contributed by atoms with Gasteiger partial charge in [0.1, 0.15) is 5.02 Å². The number of para-hydroxylation sites is 1. The quantitative estimate of drug-likeness (QED) is 0.528. The van der Waals surface area contributed by atoms with E-state index in [0.717, 1.165) is 31.0 Å². The van der Waals surface area contributed by atoms with Crippen LogP contribution in [-0.4, -0.2) is 35.0 Å². The predicted octanol–water partition coefficient (Wildman–Crippen LogP) is 5.92. The third-order valence-corrected chi connectivity index (χ3v) is 8.32. The normalized spacial score (nSPS) is 22.2. The molecule has 0 bridgehead atoms. The van der Waals surface area contributed by atoms with Crippen molar-refractivity contribution in [2.75, 3.05) is 30.4 Å². The molecule has 1 N–H and O–H groups in total. The van der Waals surface area contributed by atoms with Gasteiger partial charge in [-0.25, -0.2) is 4.98 Å². The molecule has 3 aromatic rings. The van der Waals surface area contributed by atoms with Crippen LogP contribution in [0, 0.1) is 0 Å². The van der Waals surface area contributed by atoms with Crippen LogP contribution in [0.5, 0.6) is 0 Å². The van der Waals surface area contributed by atoms with Gasteiger partial charge in [0.05, 0.1) is 6.20 Å². The zero-order valence-electron chi connectivity index (χ0n) is 18.9. The number of likely N-dealkylation sites (N-methyl/N-ethyl adjacent to an activating group) is 1. The highest BCUT2D eigenvalue weighted by Crippen LogP contribution is 2.58. The van der Waals surface area contributed by atoms with Gasteiger partial charge >= 0.3 is 0 Å². The third-order valence-electron chi connectivity index (χ3n) is 8.05. The zero-order chi connectivity index (χ0) is 22.2. The van der Waals surface area contributed by atoms with Gasteiger partial charge in [0, 0.05) is 36.4 Å². The summed E-state index contributed by atoms with van der Waals surface area (Å²) >= 11 is 6.64. The van der Waals surface area contributed by atoms with Gasteiger partial charge in [-0.2, -0.15) is 4.98 Å². The fraction of sp³-hybridized carbons (Fsp3) is 0.407. The molecule has 1 fully saturated rings. The smallest absolute Gasteiger partial charge is 0.229 e. The monoisotopic (exact) mass is 457 g/mol. The number of hydrogen-bond donors (Lipinski definition) is 1. The summed E-state index contributed by atoms with van der Waals surface area (Å²) < 4.78 is 0. The Bertz CT molecular complexity index is 1270. The number of rotatable bonds is 3. The maximum atomic E-state index is 6.64. The lowest BCUT2D eigenvalue weighted by molar-refractivity contribution is 0.266. The fourth-order valence-corrected chi connectivity index (χ4v) is 6.64. The average molecular weight is 458 g/mol. The van der Waals surface area contributed by atoms with Crippen LogP contribution in [0.4, 0.5) is 23.1 Å². The van der Waals surface area contributed by atoms with E-state index in [-0.39, 0.29) is 5.41 Å². The number of benzene rings is 2. The second-order valence-corrected chi connectivity index (χ2v) is 10.8. The standard InChI is InChI=1S/C27H28ClN5/c1-32-14-18-6-4-5-17-11-20(12-19(15-32)24(17)18)30-26-29-13-22(28)25(31-26)33-16-27(9-10-27)21-7-2-3-8-23(21)33/h2-3,7-8,11-13,18H,4-6,9-10,14-16H2,1H3,(H,29,30,31). The molecular weight excluding hydrogens is 430 g/mol. The number of anilines is 4. The summed E-state index contributed by atoms with van der Waals surface area (Å²) in [5.41, 5.74) is 8.57. The van der Waals surface area contributed by atoms with E-state index >= 15 is 0 Å². The van der Waals surface area contributed by atoms with Crippen LogP contribution < -0.4 is 10.2 Å². The van der Waals surface area contributed by atoms with Gasteiger partial charge in [-0.1, -0.05) is 29.8 Å². The SMILES string of the molecule is CN1Cc2cc(Nc3ncc(Cl)c(N4CC5(CC5)c5ccccc54)n3)cc3c2C(CCC3)C1. The molecule has 3 heterocycles. The highest BCUT2D eigenvalue weighted by molar-refractivity contribution is 6.33. The Hall–Kier alpha value is -2.63. The molecule has 2 aliphatic carbocycles. The number of fused-ring (bicyclic) bond motifs is 2. The van der Waals surface area contributed by atoms with Gasteiger partial charge in [0.25, 0.3) is 0 Å². The fourth-order valence-electron chi connectivity index (χ4n) is 6.44. The molecule has 2 aliphatic heterocycles. The summed E-state index contributed by atoms with van der Waals surface area (Å²) in [7, 11) is 2.23. The topological polar surface area (TPSA) is 44.3 Å². The first-order valence-corrected chi connectivity index (χ1v) is 12.5. The van der Waals surface area contributed by atoms with E-state index in [2.05, 4.69) is 63.5 Å². The maximum absolute atomic E-state index is 6.64. The molecule has 1 unspecified atom stereocenters. The second-order valence-electron chi connectivity index (χ2n) is 10.4. The van der Waals surface area contributed by atoms with Crippen LogP contribution in [-0.2, 0) is 18.4 Å². The number of aryl methyl sites for hydroxylation is 1. The van der Waals surface area contributed by atoms with E-state index in [4.69, 9.17) is 16.6 Å². The zero-order valence-corrected chi connectivity index (χ0v) is 19.7. The van der Waals surface area contributed by atoms with Crippen LogP contribution in [0.3, 0.4) is 0 Å². The van der Waals surface area contributed by atoms with Crippen LogP contribution in [0.1, 0.15) is 53.9 Å². The summed E-state index contributed by atoms with van der Waals surface area (Å²) in [4.78, 5) is 14.2. The molecule has 0 radical (unpaired) electrons. The lowest BCUT2D eigenvalue weighted by Crippen LogP contribution is -2.33. The molecule has 7 rings (SSSR count). The maximum Gasteiger partial charge on any atom is 0.229 e. The van der Waals surface area contributed by atoms with Crippen molar-refractivity contribution in [3.05, 3.63) is 69.9 Å². The van der Waals surface area contributed by atoms with Gasteiger partial charge in [0.2, 0.25) is 5.95 Å². The summed E-state index contributed by atoms with van der Waals surface area (Å²) in [5.74, 6) is 2.08. The Morgan fingerprint density at radius 1 is 1.15 bits per heavy atom. The van der Waals surface area contributed by atoms with E-state index in [9.17, 15) is 0 Å². The van der Waals surface area contributed by atoms with Crippen LogP contribution >= 0.6 is 11.6 Å². The minimum atomic E-state index is 0.280. The summed E-state index contributed by atoms with van der Waals surface area (Å²) in [6, 6.07) is 13.3. The molecule has 1 saturated carbocycles. The molecule has 6 heteroatoms. The van der Waals surface area contributed by atoms with Crippen LogP contribution in [0.2, 0.25) is 5.02 Å². The highest BCUT2D eigenvalue weighted by atomic mass is 35.5. The minimum Gasteiger partial charge on any atom is -0.324 e. The van der Waals surface area contributed by atoms with Crippen molar-refractivity contribution < 1.29 is 0 Å². The van der Waals surface area contributed by atoms with E-state index < -0.39 is 0 Å². The summed E-state index contributed by atoms with van der Waals surface area (Å²) in [5, 5.41) is 4.10. The highest BCUT2D eigenvalue weighted by Gasteiger charge is 2.52. The lowest BCUT2D eigenvalue weighted by Gasteiger charge is -2.37. The molecule has 2 aromatic carbocycles. The summed E-state index contributed by atoms with van der Waals surface area (Å²) in [6.07, 6.45) is 7.95. The van der Waals surface area contributed by atoms with Gasteiger partial charge in [-0.15, -0.1) is 0 Å². The first-order chi connectivity index (χ1) is 16.1. The molecule has 1 aromatic heterocycles. The molecule has 1 spiro atoms. The number of nitrogens with one attached hydrogen (secondary N) is 1. The first-order valence-electron chi connectivity index (χ1n) is 12.1. The van der Waals surface area contributed by atoms with Gasteiger partial charge in [-0.3, -0.25) is 0 Å². The number of hydrogen-bond acceptors (Lipinski definition) is 5. The molecule has 5 nitrogen and oxygen atoms in total. The largest absolute Gasteiger partial charge is 0.324 e. The molecule has 168 valence electrons. The van der Waals surface area contributed by atoms with Crippen molar-refractivity contribution in [3.8, 4) is 0 Å². The van der Waals surface area contributed by atoms with Crippen molar-refractivity contribution in [2.24, 2.45) is 0 Å². The Balaban J connectivity index is 1.24. The van der Waals surface area contributed by atoms with Crippen LogP contribution in [0.25, 0.3) is 0 Å². The van der Waals surface area contributed by atoms with Crippen molar-refractivity contribution in [3.63, 3.8) is 0 Å². The molecule has 0 amide bonds. The lowest BCUT2D eigenvalue weighted by atomic mass is 9.77.